The highest BCUT2D eigenvalue weighted by Gasteiger charge is 2.28. The van der Waals surface area contributed by atoms with Gasteiger partial charge in [-0.25, -0.2) is 4.52 Å². The second-order valence-corrected chi connectivity index (χ2v) is 6.55. The molecule has 0 unspecified atom stereocenters. The molecule has 1 fully saturated rings. The topological polar surface area (TPSA) is 80.6 Å². The van der Waals surface area contributed by atoms with Crippen LogP contribution >= 0.6 is 0 Å². The maximum absolute atomic E-state index is 13.0. The Hall–Kier alpha value is -2.61. The molecular weight excluding hydrogens is 320 g/mol. The van der Waals surface area contributed by atoms with Crippen molar-refractivity contribution in [2.24, 2.45) is 7.05 Å². The standard InChI is InChI=1S/C17H22N6O2/c1-20-7-8-23-16(20)14(11-18-23)17(25)21-5-2-3-13(12-21)15-4-6-22(19-15)9-10-24/h4,6-8,11,13,24H,2-3,5,9-10,12H2,1H3/t13-/m1/s1. The molecule has 0 saturated carbocycles. The van der Waals surface area contributed by atoms with E-state index in [0.29, 0.717) is 18.7 Å². The Balaban J connectivity index is 1.54. The van der Waals surface area contributed by atoms with Gasteiger partial charge < -0.3 is 14.6 Å². The van der Waals surface area contributed by atoms with E-state index >= 15 is 0 Å². The van der Waals surface area contributed by atoms with Crippen LogP contribution in [0.5, 0.6) is 0 Å². The SMILES string of the molecule is Cn1ccn2ncc(C(=O)N3CCC[C@@H](c4ccn(CCO)n4)C3)c12. The lowest BCUT2D eigenvalue weighted by Crippen LogP contribution is -2.39. The highest BCUT2D eigenvalue weighted by Crippen LogP contribution is 2.27. The molecule has 25 heavy (non-hydrogen) atoms. The normalized spacial score (nSPS) is 18.2. The van der Waals surface area contributed by atoms with Gasteiger partial charge in [0, 0.05) is 44.6 Å². The molecule has 0 aliphatic carbocycles. The molecule has 1 saturated heterocycles. The van der Waals surface area contributed by atoms with Crippen molar-refractivity contribution >= 4 is 11.6 Å². The van der Waals surface area contributed by atoms with Gasteiger partial charge >= 0.3 is 0 Å². The first-order valence-electron chi connectivity index (χ1n) is 8.59. The number of fused-ring (bicyclic) bond motifs is 1. The summed E-state index contributed by atoms with van der Waals surface area (Å²) in [5, 5.41) is 17.8. The Morgan fingerprint density at radius 2 is 2.24 bits per heavy atom. The Morgan fingerprint density at radius 3 is 3.08 bits per heavy atom. The third-order valence-electron chi connectivity index (χ3n) is 4.88. The fourth-order valence-electron chi connectivity index (χ4n) is 3.60. The van der Waals surface area contributed by atoms with Gasteiger partial charge in [0.25, 0.3) is 5.91 Å². The van der Waals surface area contributed by atoms with E-state index in [2.05, 4.69) is 10.2 Å². The Kier molecular flexibility index (Phi) is 4.04. The van der Waals surface area contributed by atoms with Crippen molar-refractivity contribution in [1.29, 1.82) is 0 Å². The van der Waals surface area contributed by atoms with Crippen LogP contribution in [0.3, 0.4) is 0 Å². The summed E-state index contributed by atoms with van der Waals surface area (Å²) in [6.45, 7) is 1.99. The number of carbonyl (C=O) groups excluding carboxylic acids is 1. The van der Waals surface area contributed by atoms with Gasteiger partial charge in [-0.3, -0.25) is 9.48 Å². The molecule has 4 heterocycles. The monoisotopic (exact) mass is 342 g/mol. The number of aryl methyl sites for hydroxylation is 1. The molecule has 132 valence electrons. The first-order chi connectivity index (χ1) is 12.2. The average molecular weight is 342 g/mol. The molecule has 8 heteroatoms. The van der Waals surface area contributed by atoms with E-state index in [9.17, 15) is 4.79 Å². The summed E-state index contributed by atoms with van der Waals surface area (Å²) < 4.78 is 5.39. The number of rotatable bonds is 4. The zero-order valence-electron chi connectivity index (χ0n) is 14.2. The summed E-state index contributed by atoms with van der Waals surface area (Å²) in [5.41, 5.74) is 2.45. The number of aliphatic hydroxyl groups is 1. The van der Waals surface area contributed by atoms with E-state index in [1.807, 2.05) is 41.2 Å². The van der Waals surface area contributed by atoms with Gasteiger partial charge in [-0.2, -0.15) is 10.2 Å². The maximum atomic E-state index is 13.0. The Morgan fingerprint density at radius 1 is 1.36 bits per heavy atom. The second kappa shape index (κ2) is 6.36. The molecular formula is C17H22N6O2. The average Bonchev–Trinajstić information content (AvgIpc) is 3.33. The summed E-state index contributed by atoms with van der Waals surface area (Å²) >= 11 is 0. The molecule has 8 nitrogen and oxygen atoms in total. The van der Waals surface area contributed by atoms with Crippen molar-refractivity contribution in [3.05, 3.63) is 42.1 Å². The van der Waals surface area contributed by atoms with Crippen LogP contribution in [0.1, 0.15) is 34.8 Å². The molecule has 1 atom stereocenters. The number of aliphatic hydroxyl groups excluding tert-OH is 1. The molecule has 0 spiro atoms. The van der Waals surface area contributed by atoms with Gasteiger partial charge in [0.1, 0.15) is 11.2 Å². The van der Waals surface area contributed by atoms with Crippen LogP contribution in [-0.4, -0.2) is 59.6 Å². The van der Waals surface area contributed by atoms with Crippen molar-refractivity contribution in [3.8, 4) is 0 Å². The predicted octanol–water partition coefficient (Wildman–Crippen LogP) is 0.881. The Bertz CT molecular complexity index is 892. The number of amides is 1. The van der Waals surface area contributed by atoms with E-state index in [4.69, 9.17) is 5.11 Å². The number of imidazole rings is 1. The van der Waals surface area contributed by atoms with Crippen LogP contribution in [-0.2, 0) is 13.6 Å². The van der Waals surface area contributed by atoms with Gasteiger partial charge in [0.05, 0.1) is 25.0 Å². The van der Waals surface area contributed by atoms with Gasteiger partial charge in [-0.1, -0.05) is 0 Å². The van der Waals surface area contributed by atoms with E-state index in [0.717, 1.165) is 30.7 Å². The second-order valence-electron chi connectivity index (χ2n) is 6.55. The zero-order valence-corrected chi connectivity index (χ0v) is 14.2. The summed E-state index contributed by atoms with van der Waals surface area (Å²) in [5.74, 6) is 0.258. The third kappa shape index (κ3) is 2.82. The van der Waals surface area contributed by atoms with Crippen LogP contribution in [0, 0.1) is 0 Å². The molecule has 1 N–H and O–H groups in total. The van der Waals surface area contributed by atoms with Gasteiger partial charge in [0.15, 0.2) is 0 Å². The first kappa shape index (κ1) is 15.9. The maximum Gasteiger partial charge on any atom is 0.259 e. The number of piperidine rings is 1. The third-order valence-corrected chi connectivity index (χ3v) is 4.88. The molecule has 1 aliphatic heterocycles. The van der Waals surface area contributed by atoms with Crippen LogP contribution < -0.4 is 0 Å². The molecule has 0 aromatic carbocycles. The van der Waals surface area contributed by atoms with Gasteiger partial charge in [-0.15, -0.1) is 0 Å². The lowest BCUT2D eigenvalue weighted by molar-refractivity contribution is 0.0707. The van der Waals surface area contributed by atoms with Crippen molar-refractivity contribution in [2.75, 3.05) is 19.7 Å². The summed E-state index contributed by atoms with van der Waals surface area (Å²) in [7, 11) is 1.92. The van der Waals surface area contributed by atoms with Crippen LogP contribution in [0.15, 0.2) is 30.9 Å². The van der Waals surface area contributed by atoms with Gasteiger partial charge in [0.2, 0.25) is 0 Å². The summed E-state index contributed by atoms with van der Waals surface area (Å²) in [6, 6.07) is 1.99. The largest absolute Gasteiger partial charge is 0.394 e. The highest BCUT2D eigenvalue weighted by molar-refractivity contribution is 5.99. The minimum absolute atomic E-state index is 0.0243. The number of carbonyl (C=O) groups is 1. The molecule has 1 aliphatic rings. The van der Waals surface area contributed by atoms with Crippen LogP contribution in [0.25, 0.3) is 5.65 Å². The van der Waals surface area contributed by atoms with Crippen molar-refractivity contribution in [2.45, 2.75) is 25.3 Å². The quantitative estimate of drug-likeness (QED) is 0.763. The minimum Gasteiger partial charge on any atom is -0.394 e. The fourth-order valence-corrected chi connectivity index (χ4v) is 3.60. The Labute approximate surface area is 145 Å². The summed E-state index contributed by atoms with van der Waals surface area (Å²) in [4.78, 5) is 14.9. The lowest BCUT2D eigenvalue weighted by Gasteiger charge is -2.31. The van der Waals surface area contributed by atoms with Crippen molar-refractivity contribution in [1.82, 2.24) is 28.9 Å². The lowest BCUT2D eigenvalue weighted by atomic mass is 9.94. The molecule has 1 amide bonds. The molecule has 0 radical (unpaired) electrons. The van der Waals surface area contributed by atoms with E-state index in [-0.39, 0.29) is 18.4 Å². The van der Waals surface area contributed by atoms with Crippen LogP contribution in [0.4, 0.5) is 0 Å². The van der Waals surface area contributed by atoms with Crippen LogP contribution in [0.2, 0.25) is 0 Å². The molecule has 4 rings (SSSR count). The van der Waals surface area contributed by atoms with E-state index < -0.39 is 0 Å². The molecule has 0 bridgehead atoms. The summed E-state index contributed by atoms with van der Waals surface area (Å²) in [6.07, 6.45) is 9.26. The van der Waals surface area contributed by atoms with E-state index in [1.54, 1.807) is 15.4 Å². The van der Waals surface area contributed by atoms with Crippen molar-refractivity contribution < 1.29 is 9.90 Å². The number of hydrogen-bond donors (Lipinski definition) is 1. The zero-order chi connectivity index (χ0) is 17.4. The number of nitrogens with zero attached hydrogens (tertiary/aromatic N) is 6. The minimum atomic E-state index is 0.0243. The smallest absolute Gasteiger partial charge is 0.259 e. The molecule has 3 aromatic heterocycles. The predicted molar refractivity (Wildman–Crippen MR) is 91.4 cm³/mol. The van der Waals surface area contributed by atoms with Gasteiger partial charge in [-0.05, 0) is 18.9 Å². The van der Waals surface area contributed by atoms with E-state index in [1.165, 1.54) is 0 Å². The highest BCUT2D eigenvalue weighted by atomic mass is 16.3. The number of likely N-dealkylation sites (tertiary alicyclic amines) is 1. The number of aromatic nitrogens is 5. The molecule has 3 aromatic rings. The fraction of sp³-hybridized carbons (Fsp3) is 0.471. The van der Waals surface area contributed by atoms with Crippen molar-refractivity contribution in [3.63, 3.8) is 0 Å². The first-order valence-corrected chi connectivity index (χ1v) is 8.59. The number of hydrogen-bond acceptors (Lipinski definition) is 4.